The number of rotatable bonds is 3. The lowest BCUT2D eigenvalue weighted by Gasteiger charge is -2.29. The number of ether oxygens (including phenoxy) is 1. The molecule has 0 aliphatic carbocycles. The zero-order valence-electron chi connectivity index (χ0n) is 11.4. The summed E-state index contributed by atoms with van der Waals surface area (Å²) in [6.07, 6.45) is 0. The maximum atomic E-state index is 5.79. The van der Waals surface area contributed by atoms with E-state index in [1.54, 1.807) is 0 Å². The van der Waals surface area contributed by atoms with Gasteiger partial charge in [0, 0.05) is 37.6 Å². The van der Waals surface area contributed by atoms with Crippen molar-refractivity contribution in [2.45, 2.75) is 0 Å². The van der Waals surface area contributed by atoms with E-state index in [1.807, 2.05) is 36.4 Å². The molecule has 1 fully saturated rings. The van der Waals surface area contributed by atoms with Crippen molar-refractivity contribution in [3.05, 3.63) is 48.5 Å². The summed E-state index contributed by atoms with van der Waals surface area (Å²) in [4.78, 5) is 2.38. The third kappa shape index (κ3) is 3.03. The second kappa shape index (κ2) is 5.84. The van der Waals surface area contributed by atoms with Gasteiger partial charge in [-0.2, -0.15) is 0 Å². The number of hydrogen-bond donors (Lipinski definition) is 2. The molecule has 4 heteroatoms. The second-order valence-electron chi connectivity index (χ2n) is 4.90. The normalized spacial score (nSPS) is 15.1. The van der Waals surface area contributed by atoms with Gasteiger partial charge in [-0.05, 0) is 48.5 Å². The van der Waals surface area contributed by atoms with Gasteiger partial charge in [-0.15, -0.1) is 0 Å². The van der Waals surface area contributed by atoms with Crippen molar-refractivity contribution in [1.29, 1.82) is 0 Å². The van der Waals surface area contributed by atoms with Gasteiger partial charge in [0.05, 0.1) is 0 Å². The first kappa shape index (κ1) is 12.8. The van der Waals surface area contributed by atoms with Crippen molar-refractivity contribution in [3.63, 3.8) is 0 Å². The van der Waals surface area contributed by atoms with Crippen LogP contribution in [0.4, 0.5) is 11.4 Å². The van der Waals surface area contributed by atoms with Crippen LogP contribution in [0.25, 0.3) is 0 Å². The molecule has 1 saturated heterocycles. The number of hydrogen-bond acceptors (Lipinski definition) is 4. The third-order valence-corrected chi connectivity index (χ3v) is 3.43. The van der Waals surface area contributed by atoms with E-state index in [1.165, 1.54) is 5.69 Å². The Morgan fingerprint density at radius 2 is 1.40 bits per heavy atom. The molecule has 1 aliphatic heterocycles. The number of nitrogen functional groups attached to an aromatic ring is 1. The zero-order chi connectivity index (χ0) is 13.8. The highest BCUT2D eigenvalue weighted by molar-refractivity contribution is 5.50. The first-order chi connectivity index (χ1) is 9.81. The molecule has 104 valence electrons. The average molecular weight is 269 g/mol. The quantitative estimate of drug-likeness (QED) is 0.840. The summed E-state index contributed by atoms with van der Waals surface area (Å²) >= 11 is 0. The minimum Gasteiger partial charge on any atom is -0.457 e. The van der Waals surface area contributed by atoms with Crippen LogP contribution < -0.4 is 20.7 Å². The van der Waals surface area contributed by atoms with Crippen molar-refractivity contribution >= 4 is 11.4 Å². The minimum atomic E-state index is 0.742. The number of nitrogens with two attached hydrogens (primary N) is 1. The largest absolute Gasteiger partial charge is 0.457 e. The van der Waals surface area contributed by atoms with Crippen LogP contribution in [0.2, 0.25) is 0 Å². The SMILES string of the molecule is Nc1ccc(Oc2ccc(N3CCNCC3)cc2)cc1. The molecule has 0 radical (unpaired) electrons. The summed E-state index contributed by atoms with van der Waals surface area (Å²) < 4.78 is 5.79. The molecular weight excluding hydrogens is 250 g/mol. The Hall–Kier alpha value is -2.20. The summed E-state index contributed by atoms with van der Waals surface area (Å²) in [6.45, 7) is 4.20. The van der Waals surface area contributed by atoms with E-state index < -0.39 is 0 Å². The fourth-order valence-electron chi connectivity index (χ4n) is 2.32. The molecule has 2 aromatic rings. The van der Waals surface area contributed by atoms with Crippen LogP contribution in [0, 0.1) is 0 Å². The van der Waals surface area contributed by atoms with E-state index in [9.17, 15) is 0 Å². The molecule has 0 unspecified atom stereocenters. The van der Waals surface area contributed by atoms with E-state index in [4.69, 9.17) is 10.5 Å². The van der Waals surface area contributed by atoms with Gasteiger partial charge < -0.3 is 20.7 Å². The molecule has 1 heterocycles. The lowest BCUT2D eigenvalue weighted by atomic mass is 10.2. The Balaban J connectivity index is 1.67. The molecule has 0 atom stereocenters. The highest BCUT2D eigenvalue weighted by Crippen LogP contribution is 2.25. The van der Waals surface area contributed by atoms with Crippen LogP contribution in [0.15, 0.2) is 48.5 Å². The summed E-state index contributed by atoms with van der Waals surface area (Å²) in [5, 5.41) is 3.36. The molecule has 0 saturated carbocycles. The zero-order valence-corrected chi connectivity index (χ0v) is 11.4. The van der Waals surface area contributed by atoms with E-state index in [2.05, 4.69) is 22.3 Å². The van der Waals surface area contributed by atoms with Crippen LogP contribution in [0.5, 0.6) is 11.5 Å². The molecule has 1 aliphatic rings. The molecule has 0 spiro atoms. The van der Waals surface area contributed by atoms with Crippen molar-refractivity contribution in [3.8, 4) is 11.5 Å². The van der Waals surface area contributed by atoms with Gasteiger partial charge in [-0.25, -0.2) is 0 Å². The molecule has 3 N–H and O–H groups in total. The van der Waals surface area contributed by atoms with E-state index in [0.717, 1.165) is 43.4 Å². The van der Waals surface area contributed by atoms with E-state index in [0.29, 0.717) is 0 Å². The van der Waals surface area contributed by atoms with Crippen molar-refractivity contribution < 1.29 is 4.74 Å². The molecular formula is C16H19N3O. The Bertz CT molecular complexity index is 545. The molecule has 0 bridgehead atoms. The van der Waals surface area contributed by atoms with Gasteiger partial charge in [0.25, 0.3) is 0 Å². The topological polar surface area (TPSA) is 50.5 Å². The Morgan fingerprint density at radius 3 is 2.00 bits per heavy atom. The highest BCUT2D eigenvalue weighted by atomic mass is 16.5. The molecule has 0 aromatic heterocycles. The average Bonchev–Trinajstić information content (AvgIpc) is 2.51. The molecule has 3 rings (SSSR count). The van der Waals surface area contributed by atoms with Crippen molar-refractivity contribution in [2.24, 2.45) is 0 Å². The van der Waals surface area contributed by atoms with Gasteiger partial charge in [-0.1, -0.05) is 0 Å². The predicted molar refractivity (Wildman–Crippen MR) is 82.5 cm³/mol. The van der Waals surface area contributed by atoms with Gasteiger partial charge in [0.1, 0.15) is 11.5 Å². The monoisotopic (exact) mass is 269 g/mol. The fraction of sp³-hybridized carbons (Fsp3) is 0.250. The second-order valence-corrected chi connectivity index (χ2v) is 4.90. The number of benzene rings is 2. The third-order valence-electron chi connectivity index (χ3n) is 3.43. The van der Waals surface area contributed by atoms with Crippen LogP contribution in [-0.4, -0.2) is 26.2 Å². The van der Waals surface area contributed by atoms with Crippen LogP contribution in [0.1, 0.15) is 0 Å². The van der Waals surface area contributed by atoms with Crippen molar-refractivity contribution in [1.82, 2.24) is 5.32 Å². The number of piperazine rings is 1. The van der Waals surface area contributed by atoms with Gasteiger partial charge in [0.2, 0.25) is 0 Å². The summed E-state index contributed by atoms with van der Waals surface area (Å²) in [7, 11) is 0. The molecule has 0 amide bonds. The van der Waals surface area contributed by atoms with Crippen molar-refractivity contribution in [2.75, 3.05) is 36.8 Å². The minimum absolute atomic E-state index is 0.742. The van der Waals surface area contributed by atoms with E-state index in [-0.39, 0.29) is 0 Å². The van der Waals surface area contributed by atoms with E-state index >= 15 is 0 Å². The standard InChI is InChI=1S/C16H19N3O/c17-13-1-5-15(6-2-13)20-16-7-3-14(4-8-16)19-11-9-18-10-12-19/h1-8,18H,9-12,17H2. The smallest absolute Gasteiger partial charge is 0.127 e. The summed E-state index contributed by atoms with van der Waals surface area (Å²) in [5.41, 5.74) is 7.64. The van der Waals surface area contributed by atoms with Crippen LogP contribution in [-0.2, 0) is 0 Å². The van der Waals surface area contributed by atoms with Gasteiger partial charge in [-0.3, -0.25) is 0 Å². The highest BCUT2D eigenvalue weighted by Gasteiger charge is 2.10. The first-order valence-corrected chi connectivity index (χ1v) is 6.90. The lowest BCUT2D eigenvalue weighted by Crippen LogP contribution is -2.43. The first-order valence-electron chi connectivity index (χ1n) is 6.90. The van der Waals surface area contributed by atoms with Gasteiger partial charge in [0.15, 0.2) is 0 Å². The summed E-state index contributed by atoms with van der Waals surface area (Å²) in [6, 6.07) is 15.7. The lowest BCUT2D eigenvalue weighted by molar-refractivity contribution is 0.482. The molecule has 4 nitrogen and oxygen atoms in total. The summed E-state index contributed by atoms with van der Waals surface area (Å²) in [5.74, 6) is 1.64. The molecule has 2 aromatic carbocycles. The predicted octanol–water partition coefficient (Wildman–Crippen LogP) is 2.47. The Kier molecular flexibility index (Phi) is 3.74. The number of nitrogens with zero attached hydrogens (tertiary/aromatic N) is 1. The molecule has 20 heavy (non-hydrogen) atoms. The maximum absolute atomic E-state index is 5.79. The van der Waals surface area contributed by atoms with Crippen LogP contribution in [0.3, 0.4) is 0 Å². The fourth-order valence-corrected chi connectivity index (χ4v) is 2.32. The number of anilines is 2. The Labute approximate surface area is 119 Å². The van der Waals surface area contributed by atoms with Gasteiger partial charge >= 0.3 is 0 Å². The maximum Gasteiger partial charge on any atom is 0.127 e. The number of nitrogens with one attached hydrogen (secondary N) is 1. The Morgan fingerprint density at radius 1 is 0.850 bits per heavy atom. The van der Waals surface area contributed by atoms with Crippen LogP contribution >= 0.6 is 0 Å².